The molecule has 1 aromatic rings. The van der Waals surface area contributed by atoms with Gasteiger partial charge in [-0.05, 0) is 6.08 Å². The van der Waals surface area contributed by atoms with Gasteiger partial charge in [-0.2, -0.15) is 0 Å². The first-order valence-corrected chi connectivity index (χ1v) is 10.0. The largest absolute Gasteiger partial charge is 0.481 e. The summed E-state index contributed by atoms with van der Waals surface area (Å²) in [6, 6.07) is -0.971. The summed E-state index contributed by atoms with van der Waals surface area (Å²) in [5.74, 6) is -3.48. The monoisotopic (exact) mass is 444 g/mol. The average Bonchev–Trinajstić information content (AvgIpc) is 3.03. The molecule has 3 rings (SSSR count). The van der Waals surface area contributed by atoms with Gasteiger partial charge in [-0.3, -0.25) is 19.3 Å². The van der Waals surface area contributed by atoms with E-state index >= 15 is 0 Å². The van der Waals surface area contributed by atoms with E-state index in [0.717, 1.165) is 16.2 Å². The summed E-state index contributed by atoms with van der Waals surface area (Å²) in [5, 5.41) is 21.4. The van der Waals surface area contributed by atoms with E-state index in [1.54, 1.807) is 0 Å². The van der Waals surface area contributed by atoms with Gasteiger partial charge in [0.15, 0.2) is 5.13 Å². The number of carbonyl (C=O) groups is 4. The summed E-state index contributed by atoms with van der Waals surface area (Å²) < 4.78 is 0. The van der Waals surface area contributed by atoms with E-state index < -0.39 is 41.6 Å². The van der Waals surface area contributed by atoms with Gasteiger partial charge in [0, 0.05) is 16.2 Å². The number of fused-ring (bicyclic) bond motifs is 1. The highest BCUT2D eigenvalue weighted by atomic mass is 35.5. The molecule has 2 aliphatic heterocycles. The number of aliphatic carboxylic acids is 2. The second-order valence-electron chi connectivity index (χ2n) is 5.70. The van der Waals surface area contributed by atoms with Gasteiger partial charge in [0.05, 0.1) is 17.7 Å². The Hall–Kier alpha value is -2.57. The molecule has 2 aliphatic rings. The number of nitrogens with two attached hydrogens (primary N) is 1. The molecule has 28 heavy (non-hydrogen) atoms. The lowest BCUT2D eigenvalue weighted by atomic mass is 10.0. The van der Waals surface area contributed by atoms with Crippen LogP contribution in [0.2, 0.25) is 0 Å². The number of carboxylic acid groups (broad SMARTS) is 2. The summed E-state index contributed by atoms with van der Waals surface area (Å²) in [6.07, 6.45) is 0.809. The molecule has 0 radical (unpaired) electrons. The van der Waals surface area contributed by atoms with Gasteiger partial charge in [0.1, 0.15) is 17.1 Å². The average molecular weight is 445 g/mol. The Bertz CT molecular complexity index is 943. The van der Waals surface area contributed by atoms with E-state index in [4.69, 9.17) is 22.4 Å². The summed E-state index contributed by atoms with van der Waals surface area (Å²) >= 11 is 8.37. The number of hydrogen-bond donors (Lipinski definition) is 4. The van der Waals surface area contributed by atoms with Crippen molar-refractivity contribution in [2.75, 3.05) is 11.5 Å². The zero-order valence-electron chi connectivity index (χ0n) is 13.9. The molecule has 0 unspecified atom stereocenters. The van der Waals surface area contributed by atoms with E-state index in [1.165, 1.54) is 23.2 Å². The number of β-lactam (4-membered cyclic amide) rings is 1. The second-order valence-corrected chi connectivity index (χ2v) is 8.19. The minimum atomic E-state index is -1.25. The summed E-state index contributed by atoms with van der Waals surface area (Å²) in [4.78, 5) is 52.4. The van der Waals surface area contributed by atoms with Crippen molar-refractivity contribution >= 4 is 69.2 Å². The highest BCUT2D eigenvalue weighted by Gasteiger charge is 2.53. The molecule has 1 aromatic heterocycles. The van der Waals surface area contributed by atoms with Crippen LogP contribution in [0.25, 0.3) is 5.57 Å². The number of nitrogens with zero attached hydrogens (tertiary/aromatic N) is 2. The fourth-order valence-electron chi connectivity index (χ4n) is 2.75. The number of thiazole rings is 1. The molecular weight excluding hydrogens is 432 g/mol. The van der Waals surface area contributed by atoms with Crippen molar-refractivity contribution in [1.29, 1.82) is 0 Å². The molecule has 0 aromatic carbocycles. The summed E-state index contributed by atoms with van der Waals surface area (Å²) in [6.45, 7) is 0. The van der Waals surface area contributed by atoms with Gasteiger partial charge < -0.3 is 21.3 Å². The highest BCUT2D eigenvalue weighted by molar-refractivity contribution is 8.00. The van der Waals surface area contributed by atoms with Crippen molar-refractivity contribution < 1.29 is 29.4 Å². The number of carboxylic acids is 2. The second kappa shape index (κ2) is 7.81. The van der Waals surface area contributed by atoms with Gasteiger partial charge in [0.25, 0.3) is 11.8 Å². The maximum atomic E-state index is 12.8. The third-order valence-corrected chi connectivity index (χ3v) is 6.12. The molecule has 0 spiro atoms. The van der Waals surface area contributed by atoms with Crippen LogP contribution in [-0.4, -0.2) is 61.0 Å². The number of carbonyl (C=O) groups excluding carboxylic acids is 2. The Morgan fingerprint density at radius 1 is 1.39 bits per heavy atom. The van der Waals surface area contributed by atoms with Crippen LogP contribution in [0.4, 0.5) is 5.13 Å². The molecular formula is C15H13ClN4O6S2. The molecule has 0 bridgehead atoms. The standard InChI is InChI=1S/C15H13ClN4O6S2/c16-5(3-8(21)22)9(6-4-28-15(17)18-6)11(23)19-10-12(24)20-7(14(25)26)1-2-27-13(10)20/h1,4,10,13H,2-3H2,(H2,17,18)(H,19,23)(H,21,22)(H,25,26)/t10-,13-/m1/s1. The summed E-state index contributed by atoms with van der Waals surface area (Å²) in [5.41, 5.74) is 5.34. The third kappa shape index (κ3) is 3.70. The topological polar surface area (TPSA) is 163 Å². The lowest BCUT2D eigenvalue weighted by molar-refractivity contribution is -0.150. The van der Waals surface area contributed by atoms with Crippen molar-refractivity contribution in [3.8, 4) is 0 Å². The number of nitrogen functional groups attached to an aromatic ring is 1. The number of amides is 2. The van der Waals surface area contributed by atoms with Crippen molar-refractivity contribution in [3.63, 3.8) is 0 Å². The van der Waals surface area contributed by atoms with Gasteiger partial charge in [-0.15, -0.1) is 23.1 Å². The van der Waals surface area contributed by atoms with Crippen LogP contribution >= 0.6 is 34.7 Å². The Kier molecular flexibility index (Phi) is 5.63. The lowest BCUT2D eigenvalue weighted by Crippen LogP contribution is -2.70. The first kappa shape index (κ1) is 20.2. The van der Waals surface area contributed by atoms with E-state index in [2.05, 4.69) is 10.3 Å². The van der Waals surface area contributed by atoms with E-state index in [-0.39, 0.29) is 27.1 Å². The maximum Gasteiger partial charge on any atom is 0.352 e. The predicted octanol–water partition coefficient (Wildman–Crippen LogP) is 0.518. The molecule has 2 atom stereocenters. The van der Waals surface area contributed by atoms with Gasteiger partial charge in [0.2, 0.25) is 0 Å². The third-order valence-electron chi connectivity index (χ3n) is 3.93. The number of rotatable bonds is 6. The Morgan fingerprint density at radius 2 is 2.11 bits per heavy atom. The maximum absolute atomic E-state index is 12.8. The number of aromatic nitrogens is 1. The van der Waals surface area contributed by atoms with E-state index in [0.29, 0.717) is 5.75 Å². The Labute approximate surface area is 171 Å². The zero-order chi connectivity index (χ0) is 20.6. The lowest BCUT2D eigenvalue weighted by Gasteiger charge is -2.48. The van der Waals surface area contributed by atoms with Crippen molar-refractivity contribution in [2.45, 2.75) is 17.8 Å². The molecule has 0 aliphatic carbocycles. The van der Waals surface area contributed by atoms with Crippen molar-refractivity contribution in [3.05, 3.63) is 27.9 Å². The smallest absolute Gasteiger partial charge is 0.352 e. The van der Waals surface area contributed by atoms with Gasteiger partial charge in [-0.1, -0.05) is 11.6 Å². The van der Waals surface area contributed by atoms with Crippen LogP contribution in [0.1, 0.15) is 12.1 Å². The molecule has 5 N–H and O–H groups in total. The first-order valence-electron chi connectivity index (χ1n) is 7.71. The number of halogens is 1. The van der Waals surface area contributed by atoms with Crippen LogP contribution in [0.15, 0.2) is 22.2 Å². The molecule has 10 nitrogen and oxygen atoms in total. The first-order chi connectivity index (χ1) is 13.2. The molecule has 3 heterocycles. The number of thioether (sulfide) groups is 1. The Balaban J connectivity index is 1.84. The normalized spacial score (nSPS) is 21.8. The van der Waals surface area contributed by atoms with Crippen LogP contribution in [0.3, 0.4) is 0 Å². The van der Waals surface area contributed by atoms with E-state index in [1.807, 2.05) is 0 Å². The summed E-state index contributed by atoms with van der Waals surface area (Å²) in [7, 11) is 0. The fourth-order valence-corrected chi connectivity index (χ4v) is 4.80. The number of nitrogens with one attached hydrogen (secondary N) is 1. The predicted molar refractivity (Wildman–Crippen MR) is 102 cm³/mol. The van der Waals surface area contributed by atoms with Gasteiger partial charge in [-0.25, -0.2) is 9.78 Å². The molecule has 1 saturated heterocycles. The quantitative estimate of drug-likeness (QED) is 0.361. The molecule has 13 heteroatoms. The zero-order valence-corrected chi connectivity index (χ0v) is 16.3. The number of hydrogen-bond acceptors (Lipinski definition) is 8. The Morgan fingerprint density at radius 3 is 2.68 bits per heavy atom. The van der Waals surface area contributed by atoms with E-state index in [9.17, 15) is 24.3 Å². The van der Waals surface area contributed by atoms with Crippen molar-refractivity contribution in [1.82, 2.24) is 15.2 Å². The molecule has 148 valence electrons. The van der Waals surface area contributed by atoms with Gasteiger partial charge >= 0.3 is 11.9 Å². The minimum Gasteiger partial charge on any atom is -0.481 e. The van der Waals surface area contributed by atoms with Crippen LogP contribution in [0.5, 0.6) is 0 Å². The molecule has 0 saturated carbocycles. The highest BCUT2D eigenvalue weighted by Crippen LogP contribution is 2.38. The van der Waals surface area contributed by atoms with Crippen LogP contribution in [-0.2, 0) is 19.2 Å². The SMILES string of the molecule is Nc1nc(C(C(=O)N[C@@H]2C(=O)N3C(C(=O)O)=CCS[C@H]23)=C(Cl)CC(=O)O)cs1. The molecule has 2 amide bonds. The molecule has 1 fully saturated rings. The van der Waals surface area contributed by atoms with Crippen LogP contribution in [0, 0.1) is 0 Å². The minimum absolute atomic E-state index is 0.0947. The fraction of sp³-hybridized carbons (Fsp3) is 0.267. The van der Waals surface area contributed by atoms with Crippen LogP contribution < -0.4 is 11.1 Å². The van der Waals surface area contributed by atoms with Crippen molar-refractivity contribution in [2.24, 2.45) is 0 Å². The number of anilines is 1.